The van der Waals surface area contributed by atoms with Crippen molar-refractivity contribution >= 4 is 24.4 Å². The van der Waals surface area contributed by atoms with Gasteiger partial charge in [-0.1, -0.05) is 48.5 Å². The van der Waals surface area contributed by atoms with E-state index < -0.39 is 23.9 Å². The van der Waals surface area contributed by atoms with E-state index in [1.165, 1.54) is 7.11 Å². The van der Waals surface area contributed by atoms with Crippen LogP contribution in [0.2, 0.25) is 0 Å². The molecule has 14 nitrogen and oxygen atoms in total. The lowest BCUT2D eigenvalue weighted by atomic mass is 10.0. The van der Waals surface area contributed by atoms with Crippen LogP contribution >= 0.6 is 0 Å². The number of alkyl carbamates (subject to hydrolysis) is 1. The van der Waals surface area contributed by atoms with Crippen LogP contribution in [0.5, 0.6) is 0 Å². The molecule has 0 aliphatic carbocycles. The topological polar surface area (TPSA) is 186 Å². The third-order valence-electron chi connectivity index (χ3n) is 9.41. The molecule has 2 fully saturated rings. The number of methoxy groups -OCH3 is 1. The van der Waals surface area contributed by atoms with Crippen molar-refractivity contribution in [2.24, 2.45) is 0 Å². The van der Waals surface area contributed by atoms with Crippen molar-refractivity contribution in [3.8, 4) is 33.6 Å². The molecule has 0 bridgehead atoms. The molecule has 3 amide bonds. The number of benzene rings is 2. The highest BCUT2D eigenvalue weighted by molar-refractivity contribution is 5.85. The number of aromatic nitrogens is 4. The zero-order chi connectivity index (χ0) is 34.7. The number of rotatable bonds is 10. The summed E-state index contributed by atoms with van der Waals surface area (Å²) in [7, 11) is 1.27. The molecule has 0 unspecified atom stereocenters. The quantitative estimate of drug-likeness (QED) is 0.147. The van der Waals surface area contributed by atoms with Gasteiger partial charge in [-0.15, -0.1) is 0 Å². The third-order valence-corrected chi connectivity index (χ3v) is 9.41. The zero-order valence-electron chi connectivity index (χ0n) is 27.6. The van der Waals surface area contributed by atoms with Crippen molar-refractivity contribution in [3.63, 3.8) is 0 Å². The maximum Gasteiger partial charge on any atom is 0.407 e. The summed E-state index contributed by atoms with van der Waals surface area (Å²) < 4.78 is 4.63. The Labute approximate surface area is 283 Å². The molecule has 6 rings (SSSR count). The summed E-state index contributed by atoms with van der Waals surface area (Å²) in [5, 5.41) is 14.2. The number of carboxylic acid groups (broad SMARTS) is 1. The van der Waals surface area contributed by atoms with Crippen molar-refractivity contribution in [1.82, 2.24) is 40.4 Å². The first-order valence-electron chi connectivity index (χ1n) is 16.3. The van der Waals surface area contributed by atoms with Crippen LogP contribution in [0.1, 0.15) is 63.3 Å². The van der Waals surface area contributed by atoms with E-state index in [2.05, 4.69) is 47.4 Å². The predicted molar refractivity (Wildman–Crippen MR) is 180 cm³/mol. The molecule has 4 aromatic rings. The third kappa shape index (κ3) is 6.90. The van der Waals surface area contributed by atoms with Crippen LogP contribution in [0.4, 0.5) is 9.59 Å². The van der Waals surface area contributed by atoms with Gasteiger partial charge in [0.1, 0.15) is 17.7 Å². The van der Waals surface area contributed by atoms with E-state index in [1.807, 2.05) is 41.3 Å². The van der Waals surface area contributed by atoms with Crippen molar-refractivity contribution in [2.75, 3.05) is 20.2 Å². The molecule has 2 aromatic carbocycles. The number of ether oxygens (including phenoxy) is 1. The largest absolute Gasteiger partial charge is 0.465 e. The molecule has 0 saturated carbocycles. The molecule has 2 saturated heterocycles. The second kappa shape index (κ2) is 13.9. The smallest absolute Gasteiger partial charge is 0.407 e. The number of nitrogens with zero attached hydrogens (tertiary/aromatic N) is 4. The number of carbonyl (C=O) groups is 4. The second-order valence-electron chi connectivity index (χ2n) is 12.6. The van der Waals surface area contributed by atoms with Crippen LogP contribution in [0.3, 0.4) is 0 Å². The Balaban J connectivity index is 1.11. The minimum Gasteiger partial charge on any atom is -0.465 e. The summed E-state index contributed by atoms with van der Waals surface area (Å²) in [6.07, 6.45) is 5.46. The number of aromatic amines is 2. The number of imidazole rings is 2. The fourth-order valence-corrected chi connectivity index (χ4v) is 6.84. The van der Waals surface area contributed by atoms with Gasteiger partial charge in [0.15, 0.2) is 11.9 Å². The Kier molecular flexibility index (Phi) is 9.49. The predicted octanol–water partition coefficient (Wildman–Crippen LogP) is 4.86. The van der Waals surface area contributed by atoms with Crippen molar-refractivity contribution in [1.29, 1.82) is 0 Å². The molecule has 4 heterocycles. The SMILES string of the molecule is COC(=O)N[C@@H](C)C(=O)N1CCC[C@H]1c1ncc(-c2ccc(-c3ccc(-c4cnc([C@@H]5CCCN5[C@](C)(C=O)NC(=O)O)[nH]4)cc3)cc2)[nH]1. The van der Waals surface area contributed by atoms with Crippen molar-refractivity contribution < 1.29 is 29.0 Å². The maximum absolute atomic E-state index is 13.0. The van der Waals surface area contributed by atoms with Crippen LogP contribution < -0.4 is 10.6 Å². The Hall–Kier alpha value is -5.50. The summed E-state index contributed by atoms with van der Waals surface area (Å²) in [6.45, 7) is 4.38. The van der Waals surface area contributed by atoms with Gasteiger partial charge >= 0.3 is 12.2 Å². The van der Waals surface area contributed by atoms with Crippen LogP contribution in [-0.2, 0) is 14.3 Å². The van der Waals surface area contributed by atoms with Crippen LogP contribution in [0.25, 0.3) is 33.6 Å². The molecule has 5 N–H and O–H groups in total. The number of H-pyrrole nitrogens is 2. The summed E-state index contributed by atoms with van der Waals surface area (Å²) in [5.74, 6) is 1.22. The summed E-state index contributed by atoms with van der Waals surface area (Å²) in [6, 6.07) is 15.2. The minimum atomic E-state index is -1.35. The molecule has 2 aliphatic heterocycles. The number of carbonyl (C=O) groups excluding carboxylic acids is 3. The normalized spacial score (nSPS) is 19.6. The van der Waals surface area contributed by atoms with Crippen LogP contribution in [0.15, 0.2) is 60.9 Å². The molecule has 14 heteroatoms. The lowest BCUT2D eigenvalue weighted by molar-refractivity contribution is -0.134. The monoisotopic (exact) mass is 668 g/mol. The molecule has 49 heavy (non-hydrogen) atoms. The fourth-order valence-electron chi connectivity index (χ4n) is 6.84. The average molecular weight is 669 g/mol. The van der Waals surface area contributed by atoms with Gasteiger partial charge < -0.3 is 30.0 Å². The van der Waals surface area contributed by atoms with Gasteiger partial charge in [-0.25, -0.2) is 19.6 Å². The Morgan fingerprint density at radius 3 is 1.94 bits per heavy atom. The Morgan fingerprint density at radius 1 is 0.898 bits per heavy atom. The van der Waals surface area contributed by atoms with Gasteiger partial charge in [-0.05, 0) is 61.8 Å². The number of aldehydes is 1. The van der Waals surface area contributed by atoms with Crippen molar-refractivity contribution in [2.45, 2.75) is 63.3 Å². The molecular formula is C35H40N8O6. The molecule has 4 atom stereocenters. The number of nitrogens with one attached hydrogen (secondary N) is 4. The maximum atomic E-state index is 13.0. The summed E-state index contributed by atoms with van der Waals surface area (Å²) >= 11 is 0. The summed E-state index contributed by atoms with van der Waals surface area (Å²) in [4.78, 5) is 67.5. The van der Waals surface area contributed by atoms with E-state index >= 15 is 0 Å². The highest BCUT2D eigenvalue weighted by Crippen LogP contribution is 2.36. The van der Waals surface area contributed by atoms with E-state index in [9.17, 15) is 24.3 Å². The number of hydrogen-bond acceptors (Lipinski definition) is 8. The first-order chi connectivity index (χ1) is 23.6. The van der Waals surface area contributed by atoms with E-state index in [1.54, 1.807) is 31.1 Å². The van der Waals surface area contributed by atoms with Crippen LogP contribution in [0, 0.1) is 0 Å². The fraction of sp³-hybridized carbons (Fsp3) is 0.371. The standard InChI is InChI=1S/C35H40N8O6/c1-21(38-34(48)49-3)32(45)42-16-4-6-28(42)30-36-18-26(39-30)24-12-8-22(9-13-24)23-10-14-25(15-11-23)27-19-37-31(40-27)29-7-5-17-43(29)35(2,20-44)41-33(46)47/h8-15,18-21,28-29,41H,4-7,16-17H2,1-3H3,(H,36,39)(H,37,40)(H,38,48)(H,46,47)/t21-,28-,29-,35+/m0/s1. The lowest BCUT2D eigenvalue weighted by Gasteiger charge is -2.37. The van der Waals surface area contributed by atoms with E-state index in [0.717, 1.165) is 59.3 Å². The van der Waals surface area contributed by atoms with E-state index in [4.69, 9.17) is 0 Å². The molecule has 0 radical (unpaired) electrons. The molecule has 2 aromatic heterocycles. The van der Waals surface area contributed by atoms with Gasteiger partial charge in [0.2, 0.25) is 5.91 Å². The highest BCUT2D eigenvalue weighted by atomic mass is 16.5. The zero-order valence-corrected chi connectivity index (χ0v) is 27.6. The first kappa shape index (κ1) is 33.4. The first-order valence-corrected chi connectivity index (χ1v) is 16.3. The van der Waals surface area contributed by atoms with Gasteiger partial charge in [0.05, 0.1) is 43.0 Å². The highest BCUT2D eigenvalue weighted by Gasteiger charge is 2.42. The van der Waals surface area contributed by atoms with Crippen molar-refractivity contribution in [3.05, 3.63) is 72.6 Å². The Morgan fingerprint density at radius 2 is 1.41 bits per heavy atom. The van der Waals surface area contributed by atoms with Crippen LogP contribution in [-0.4, -0.2) is 91.1 Å². The van der Waals surface area contributed by atoms with E-state index in [-0.39, 0.29) is 18.0 Å². The molecule has 256 valence electrons. The van der Waals surface area contributed by atoms with Gasteiger partial charge in [-0.2, -0.15) is 0 Å². The minimum absolute atomic E-state index is 0.178. The molecular weight excluding hydrogens is 628 g/mol. The van der Waals surface area contributed by atoms with Gasteiger partial charge in [-0.3, -0.25) is 19.8 Å². The number of amides is 3. The molecule has 2 aliphatic rings. The molecule has 0 spiro atoms. The second-order valence-corrected chi connectivity index (χ2v) is 12.6. The number of hydrogen-bond donors (Lipinski definition) is 5. The summed E-state index contributed by atoms with van der Waals surface area (Å²) in [5.41, 5.74) is 4.32. The van der Waals surface area contributed by atoms with Gasteiger partial charge in [0.25, 0.3) is 0 Å². The van der Waals surface area contributed by atoms with E-state index in [0.29, 0.717) is 31.0 Å². The number of likely N-dealkylation sites (tertiary alicyclic amines) is 2. The Bertz CT molecular complexity index is 1820. The average Bonchev–Trinajstić information content (AvgIpc) is 3.94. The lowest BCUT2D eigenvalue weighted by Crippen LogP contribution is -2.59. The van der Waals surface area contributed by atoms with Gasteiger partial charge in [0, 0.05) is 13.1 Å².